The van der Waals surface area contributed by atoms with Gasteiger partial charge >= 0.3 is 5.97 Å². The van der Waals surface area contributed by atoms with Gasteiger partial charge in [-0.1, -0.05) is 30.1 Å². The number of carbonyl (C=O) groups excluding carboxylic acids is 1. The lowest BCUT2D eigenvalue weighted by molar-refractivity contribution is -0.137. The highest BCUT2D eigenvalue weighted by molar-refractivity contribution is 6.35. The normalized spacial score (nSPS) is 11.9. The summed E-state index contributed by atoms with van der Waals surface area (Å²) in [5, 5.41) is 12.1. The second kappa shape index (κ2) is 7.36. The Balaban J connectivity index is 2.51. The van der Waals surface area contributed by atoms with Crippen molar-refractivity contribution in [3.63, 3.8) is 0 Å². The second-order valence-electron chi connectivity index (χ2n) is 4.37. The first-order valence-electron chi connectivity index (χ1n) is 5.85. The highest BCUT2D eigenvalue weighted by Crippen LogP contribution is 2.20. The summed E-state index contributed by atoms with van der Waals surface area (Å²) in [6.45, 7) is 2.28. The van der Waals surface area contributed by atoms with Crippen molar-refractivity contribution in [2.45, 2.75) is 19.8 Å². The summed E-state index contributed by atoms with van der Waals surface area (Å²) in [6.07, 6.45) is 0.605. The Bertz CT molecular complexity index is 477. The molecule has 0 saturated carbocycles. The van der Waals surface area contributed by atoms with E-state index in [0.717, 1.165) is 0 Å². The van der Waals surface area contributed by atoms with Gasteiger partial charge < -0.3 is 10.4 Å². The van der Waals surface area contributed by atoms with Crippen LogP contribution in [0.25, 0.3) is 0 Å². The van der Waals surface area contributed by atoms with Crippen molar-refractivity contribution in [3.8, 4) is 0 Å². The summed E-state index contributed by atoms with van der Waals surface area (Å²) >= 11 is 11.7. The lowest BCUT2D eigenvalue weighted by Gasteiger charge is -2.12. The number of hydrogen-bond donors (Lipinski definition) is 2. The van der Waals surface area contributed by atoms with Gasteiger partial charge in [-0.15, -0.1) is 0 Å². The fourth-order valence-electron chi connectivity index (χ4n) is 1.51. The minimum atomic E-state index is -0.837. The first kappa shape index (κ1) is 15.8. The van der Waals surface area contributed by atoms with Crippen LogP contribution in [0, 0.1) is 5.92 Å². The predicted molar refractivity (Wildman–Crippen MR) is 74.8 cm³/mol. The number of carbonyl (C=O) groups is 2. The average Bonchev–Trinajstić information content (AvgIpc) is 2.36. The largest absolute Gasteiger partial charge is 0.481 e. The first-order valence-corrected chi connectivity index (χ1v) is 6.60. The molecule has 1 aromatic rings. The highest BCUT2D eigenvalue weighted by atomic mass is 35.5. The standard InChI is InChI=1S/C13H15Cl2NO3/c1-8(2-5-12(17)18)7-16-13(19)10-6-9(14)3-4-11(10)15/h3-4,6,8H,2,5,7H2,1H3,(H,16,19)(H,17,18). The van der Waals surface area contributed by atoms with E-state index in [2.05, 4.69) is 5.32 Å². The lowest BCUT2D eigenvalue weighted by Crippen LogP contribution is -2.28. The predicted octanol–water partition coefficient (Wildman–Crippen LogP) is 3.22. The molecule has 0 aliphatic heterocycles. The number of rotatable bonds is 6. The van der Waals surface area contributed by atoms with E-state index in [1.807, 2.05) is 6.92 Å². The number of nitrogens with one attached hydrogen (secondary N) is 1. The zero-order chi connectivity index (χ0) is 14.4. The summed E-state index contributed by atoms with van der Waals surface area (Å²) < 4.78 is 0. The van der Waals surface area contributed by atoms with E-state index in [9.17, 15) is 9.59 Å². The fraction of sp³-hybridized carbons (Fsp3) is 0.385. The maximum Gasteiger partial charge on any atom is 0.303 e. The molecule has 0 aromatic heterocycles. The average molecular weight is 304 g/mol. The fourth-order valence-corrected chi connectivity index (χ4v) is 1.88. The van der Waals surface area contributed by atoms with Crippen molar-refractivity contribution in [2.24, 2.45) is 5.92 Å². The van der Waals surface area contributed by atoms with Crippen LogP contribution in [0.5, 0.6) is 0 Å². The third-order valence-corrected chi connectivity index (χ3v) is 3.20. The molecular weight excluding hydrogens is 289 g/mol. The molecule has 0 fully saturated rings. The summed E-state index contributed by atoms with van der Waals surface area (Å²) in [4.78, 5) is 22.3. The first-order chi connectivity index (χ1) is 8.90. The Labute approximate surface area is 121 Å². The number of benzene rings is 1. The number of hydrogen-bond acceptors (Lipinski definition) is 2. The third-order valence-electron chi connectivity index (χ3n) is 2.64. The van der Waals surface area contributed by atoms with Gasteiger partial charge in [0.2, 0.25) is 0 Å². The Morgan fingerprint density at radius 1 is 1.37 bits per heavy atom. The molecule has 0 aliphatic carbocycles. The van der Waals surface area contributed by atoms with Gasteiger partial charge in [-0.05, 0) is 30.5 Å². The van der Waals surface area contributed by atoms with Crippen LogP contribution in [0.4, 0.5) is 0 Å². The molecule has 0 spiro atoms. The molecule has 2 N–H and O–H groups in total. The Hall–Kier alpha value is -1.26. The molecule has 1 unspecified atom stereocenters. The van der Waals surface area contributed by atoms with Crippen molar-refractivity contribution in [3.05, 3.63) is 33.8 Å². The van der Waals surface area contributed by atoms with Crippen molar-refractivity contribution >= 4 is 35.1 Å². The molecule has 0 aliphatic rings. The zero-order valence-electron chi connectivity index (χ0n) is 10.5. The van der Waals surface area contributed by atoms with Gasteiger partial charge in [-0.25, -0.2) is 0 Å². The molecule has 6 heteroatoms. The monoisotopic (exact) mass is 303 g/mol. The van der Waals surface area contributed by atoms with Gasteiger partial charge in [-0.3, -0.25) is 9.59 Å². The van der Waals surface area contributed by atoms with Gasteiger partial charge in [0.1, 0.15) is 0 Å². The smallest absolute Gasteiger partial charge is 0.303 e. The topological polar surface area (TPSA) is 66.4 Å². The molecule has 0 radical (unpaired) electrons. The molecule has 0 heterocycles. The van der Waals surface area contributed by atoms with Gasteiger partial charge in [0.25, 0.3) is 5.91 Å². The molecule has 0 bridgehead atoms. The number of halogens is 2. The summed E-state index contributed by atoms with van der Waals surface area (Å²) in [5.41, 5.74) is 0.319. The molecule has 104 valence electrons. The summed E-state index contributed by atoms with van der Waals surface area (Å²) in [5.74, 6) is -1.07. The maximum absolute atomic E-state index is 11.9. The number of aliphatic carboxylic acids is 1. The number of amides is 1. The second-order valence-corrected chi connectivity index (χ2v) is 5.22. The van der Waals surface area contributed by atoms with Crippen molar-refractivity contribution in [1.29, 1.82) is 0 Å². The van der Waals surface area contributed by atoms with Crippen LogP contribution in [0.3, 0.4) is 0 Å². The minimum absolute atomic E-state index is 0.0815. The quantitative estimate of drug-likeness (QED) is 0.848. The van der Waals surface area contributed by atoms with E-state index in [4.69, 9.17) is 28.3 Å². The Morgan fingerprint density at radius 3 is 2.68 bits per heavy atom. The summed E-state index contributed by atoms with van der Waals surface area (Å²) in [6, 6.07) is 4.67. The zero-order valence-corrected chi connectivity index (χ0v) is 12.0. The summed E-state index contributed by atoms with van der Waals surface area (Å²) in [7, 11) is 0. The van der Waals surface area contributed by atoms with Gasteiger partial charge in [0, 0.05) is 18.0 Å². The number of carboxylic acids is 1. The maximum atomic E-state index is 11.9. The Kier molecular flexibility index (Phi) is 6.12. The van der Waals surface area contributed by atoms with E-state index in [0.29, 0.717) is 28.6 Å². The van der Waals surface area contributed by atoms with Crippen molar-refractivity contribution < 1.29 is 14.7 Å². The van der Waals surface area contributed by atoms with E-state index < -0.39 is 5.97 Å². The van der Waals surface area contributed by atoms with Crippen molar-refractivity contribution in [1.82, 2.24) is 5.32 Å². The minimum Gasteiger partial charge on any atom is -0.481 e. The van der Waals surface area contributed by atoms with Gasteiger partial charge in [0.05, 0.1) is 10.6 Å². The van der Waals surface area contributed by atoms with Crippen LogP contribution in [-0.2, 0) is 4.79 Å². The van der Waals surface area contributed by atoms with Crippen LogP contribution < -0.4 is 5.32 Å². The molecule has 1 atom stereocenters. The van der Waals surface area contributed by atoms with E-state index >= 15 is 0 Å². The van der Waals surface area contributed by atoms with E-state index in [1.165, 1.54) is 6.07 Å². The Morgan fingerprint density at radius 2 is 2.05 bits per heavy atom. The van der Waals surface area contributed by atoms with Gasteiger partial charge in [0.15, 0.2) is 0 Å². The van der Waals surface area contributed by atoms with E-state index in [1.54, 1.807) is 12.1 Å². The molecule has 0 saturated heterocycles. The molecule has 4 nitrogen and oxygen atoms in total. The van der Waals surface area contributed by atoms with Gasteiger partial charge in [-0.2, -0.15) is 0 Å². The van der Waals surface area contributed by atoms with Crippen LogP contribution in [0.15, 0.2) is 18.2 Å². The molecule has 1 rings (SSSR count). The lowest BCUT2D eigenvalue weighted by atomic mass is 10.1. The van der Waals surface area contributed by atoms with Crippen molar-refractivity contribution in [2.75, 3.05) is 6.54 Å². The third kappa shape index (κ3) is 5.49. The number of carboxylic acid groups (broad SMARTS) is 1. The molecule has 19 heavy (non-hydrogen) atoms. The SMILES string of the molecule is CC(CCC(=O)O)CNC(=O)c1cc(Cl)ccc1Cl. The highest BCUT2D eigenvalue weighted by Gasteiger charge is 2.12. The van der Waals surface area contributed by atoms with Crippen LogP contribution >= 0.6 is 23.2 Å². The van der Waals surface area contributed by atoms with Crippen LogP contribution in [0.1, 0.15) is 30.1 Å². The molecular formula is C13H15Cl2NO3. The molecule has 1 aromatic carbocycles. The molecule has 1 amide bonds. The van der Waals surface area contributed by atoms with E-state index in [-0.39, 0.29) is 18.2 Å². The van der Waals surface area contributed by atoms with Crippen LogP contribution in [0.2, 0.25) is 10.0 Å². The van der Waals surface area contributed by atoms with Crippen LogP contribution in [-0.4, -0.2) is 23.5 Å².